The lowest BCUT2D eigenvalue weighted by atomic mass is 10.7. The summed E-state index contributed by atoms with van der Waals surface area (Å²) >= 11 is 0. The number of amides is 4. The van der Waals surface area contributed by atoms with E-state index >= 15 is 0 Å². The van der Waals surface area contributed by atoms with E-state index in [1.165, 1.54) is 13.8 Å². The molecule has 0 saturated carbocycles. The van der Waals surface area contributed by atoms with Crippen LogP contribution in [0.25, 0.3) is 0 Å². The monoisotopic (exact) mass is 361 g/mol. The molecule has 0 radical (unpaired) electrons. The topological polar surface area (TPSA) is 218 Å². The third-order valence-electron chi connectivity index (χ3n) is 2.81. The van der Waals surface area contributed by atoms with Crippen LogP contribution in [-0.4, -0.2) is 49.5 Å². The Morgan fingerprint density at radius 3 is 1.56 bits per heavy atom. The van der Waals surface area contributed by atoms with Crippen LogP contribution >= 0.6 is 0 Å². The molecule has 1 rings (SSSR count). The summed E-state index contributed by atoms with van der Waals surface area (Å²) in [6.45, 7) is 3.08. The predicted molar refractivity (Wildman–Crippen MR) is 84.5 cm³/mol. The largest absolute Gasteiger partial charge is 0.377 e. The average molecular weight is 361 g/mol. The number of nitrogens with zero attached hydrogens (tertiary/aromatic N) is 4. The van der Waals surface area contributed by atoms with Crippen molar-refractivity contribution in [1.29, 1.82) is 0 Å². The van der Waals surface area contributed by atoms with Crippen LogP contribution in [-0.2, 0) is 0 Å². The van der Waals surface area contributed by atoms with E-state index in [4.69, 9.17) is 11.7 Å². The van der Waals surface area contributed by atoms with E-state index in [-0.39, 0.29) is 13.1 Å². The first-order valence-electron chi connectivity index (χ1n) is 6.88. The molecule has 1 aromatic heterocycles. The molecule has 0 aromatic carbocycles. The van der Waals surface area contributed by atoms with Gasteiger partial charge in [0.05, 0.1) is 0 Å². The van der Waals surface area contributed by atoms with Crippen molar-refractivity contribution in [3.05, 3.63) is 31.5 Å². The number of hydrazine groups is 4. The number of rotatable bonds is 6. The highest BCUT2D eigenvalue weighted by Gasteiger charge is 2.18. The number of hydrogen-bond donors (Lipinski definition) is 7. The van der Waals surface area contributed by atoms with Crippen molar-refractivity contribution < 1.29 is 9.59 Å². The van der Waals surface area contributed by atoms with E-state index in [9.17, 15) is 24.0 Å². The maximum absolute atomic E-state index is 12.3. The Morgan fingerprint density at radius 2 is 1.28 bits per heavy atom. The molecule has 140 valence electrons. The van der Waals surface area contributed by atoms with Crippen molar-refractivity contribution in [3.8, 4) is 0 Å². The average Bonchev–Trinajstić information content (AvgIpc) is 2.60. The normalized spacial score (nSPS) is 9.92. The van der Waals surface area contributed by atoms with Crippen LogP contribution in [0, 0.1) is 0 Å². The van der Waals surface area contributed by atoms with Crippen molar-refractivity contribution >= 4 is 12.1 Å². The van der Waals surface area contributed by atoms with Gasteiger partial charge in [0.15, 0.2) is 0 Å². The summed E-state index contributed by atoms with van der Waals surface area (Å²) in [4.78, 5) is 60.8. The van der Waals surface area contributed by atoms with Gasteiger partial charge in [-0.1, -0.05) is 0 Å². The van der Waals surface area contributed by atoms with Crippen LogP contribution in [0.3, 0.4) is 0 Å². The van der Waals surface area contributed by atoms with Gasteiger partial charge >= 0.3 is 29.1 Å². The van der Waals surface area contributed by atoms with Gasteiger partial charge in [0.25, 0.3) is 0 Å². The lowest BCUT2D eigenvalue weighted by Crippen LogP contribution is -2.62. The first-order chi connectivity index (χ1) is 11.8. The van der Waals surface area contributed by atoms with Gasteiger partial charge in [0, 0.05) is 13.1 Å². The Labute approximate surface area is 139 Å². The molecule has 0 saturated heterocycles. The fraction of sp³-hybridized carbons (Fsp3) is 0.444. The summed E-state index contributed by atoms with van der Waals surface area (Å²) in [5.41, 5.74) is 4.44. The Hall–Kier alpha value is -3.53. The minimum absolute atomic E-state index is 0.0120. The number of aromatic nitrogens is 3. The molecule has 0 atom stereocenters. The maximum atomic E-state index is 12.3. The third kappa shape index (κ3) is 4.26. The zero-order chi connectivity index (χ0) is 19.1. The molecular formula is C9H19N11O5. The standard InChI is InChI=1S/C9H19N11O5/c1-3-17(7(23)13-10)15-19-5(21)12-6(22)20(9(19)25)16-18(4-2)8(24)14-11/h15-16H,3-4,10-11H2,1-2H3,(H,13,23)(H,14,24)(H,12,21,22). The van der Waals surface area contributed by atoms with Crippen LogP contribution in [0.15, 0.2) is 14.4 Å². The molecule has 0 fully saturated rings. The second-order valence-electron chi connectivity index (χ2n) is 4.28. The van der Waals surface area contributed by atoms with Crippen LogP contribution in [0.1, 0.15) is 13.8 Å². The number of hydrogen-bond acceptors (Lipinski definition) is 9. The minimum atomic E-state index is -1.22. The van der Waals surface area contributed by atoms with Crippen molar-refractivity contribution in [2.75, 3.05) is 24.2 Å². The van der Waals surface area contributed by atoms with Gasteiger partial charge < -0.3 is 0 Å². The van der Waals surface area contributed by atoms with Crippen LogP contribution in [0.5, 0.6) is 0 Å². The summed E-state index contributed by atoms with van der Waals surface area (Å²) in [6, 6.07) is -1.70. The summed E-state index contributed by atoms with van der Waals surface area (Å²) in [5.74, 6) is 9.96. The Morgan fingerprint density at radius 1 is 0.920 bits per heavy atom. The van der Waals surface area contributed by atoms with Crippen molar-refractivity contribution in [2.24, 2.45) is 11.7 Å². The Balaban J connectivity index is 3.33. The van der Waals surface area contributed by atoms with E-state index in [2.05, 4.69) is 11.1 Å². The number of nitrogens with two attached hydrogens (primary N) is 2. The number of urea groups is 2. The predicted octanol–water partition coefficient (Wildman–Crippen LogP) is -4.57. The van der Waals surface area contributed by atoms with Crippen LogP contribution in [0.2, 0.25) is 0 Å². The first-order valence-corrected chi connectivity index (χ1v) is 6.88. The zero-order valence-electron chi connectivity index (χ0n) is 13.4. The number of H-pyrrole nitrogens is 1. The molecule has 16 heteroatoms. The van der Waals surface area contributed by atoms with Crippen LogP contribution in [0.4, 0.5) is 9.59 Å². The summed E-state index contributed by atoms with van der Waals surface area (Å²) in [7, 11) is 0. The molecule has 0 spiro atoms. The third-order valence-corrected chi connectivity index (χ3v) is 2.81. The minimum Gasteiger partial charge on any atom is -0.274 e. The van der Waals surface area contributed by atoms with Gasteiger partial charge in [-0.25, -0.2) is 56.7 Å². The van der Waals surface area contributed by atoms with E-state index in [1.807, 2.05) is 4.98 Å². The van der Waals surface area contributed by atoms with Gasteiger partial charge in [0.1, 0.15) is 0 Å². The molecule has 0 unspecified atom stereocenters. The van der Waals surface area contributed by atoms with Crippen molar-refractivity contribution in [3.63, 3.8) is 0 Å². The Kier molecular flexibility index (Phi) is 6.52. The molecular weight excluding hydrogens is 342 g/mol. The molecule has 4 amide bonds. The molecule has 16 nitrogen and oxygen atoms in total. The van der Waals surface area contributed by atoms with Gasteiger partial charge in [-0.05, 0) is 13.8 Å². The van der Waals surface area contributed by atoms with Gasteiger partial charge in [-0.15, -0.1) is 9.35 Å². The number of carbonyl (C=O) groups excluding carboxylic acids is 2. The summed E-state index contributed by atoms with van der Waals surface area (Å²) in [6.07, 6.45) is 0. The molecule has 1 aromatic rings. The number of carbonyl (C=O) groups is 2. The molecule has 25 heavy (non-hydrogen) atoms. The van der Waals surface area contributed by atoms with Crippen molar-refractivity contribution in [2.45, 2.75) is 13.8 Å². The number of nitrogens with one attached hydrogen (secondary N) is 5. The SMILES string of the molecule is CCN(Nn1c(=O)[nH]c(=O)n(NN(CC)C(=O)NN)c1=O)C(=O)NN. The zero-order valence-corrected chi connectivity index (χ0v) is 13.4. The lowest BCUT2D eigenvalue weighted by molar-refractivity contribution is 0.200. The van der Waals surface area contributed by atoms with E-state index < -0.39 is 29.1 Å². The first kappa shape index (κ1) is 19.5. The molecule has 9 N–H and O–H groups in total. The molecule has 0 bridgehead atoms. The summed E-state index contributed by atoms with van der Waals surface area (Å²) < 4.78 is 0.642. The van der Waals surface area contributed by atoms with Gasteiger partial charge in [-0.2, -0.15) is 0 Å². The molecule has 0 aliphatic heterocycles. The highest BCUT2D eigenvalue weighted by atomic mass is 16.2. The van der Waals surface area contributed by atoms with Gasteiger partial charge in [0.2, 0.25) is 0 Å². The molecule has 0 aliphatic carbocycles. The Bertz CT molecular complexity index is 733. The van der Waals surface area contributed by atoms with Crippen LogP contribution < -0.4 is 50.7 Å². The maximum Gasteiger partial charge on any atom is 0.377 e. The van der Waals surface area contributed by atoms with E-state index in [0.717, 1.165) is 10.0 Å². The van der Waals surface area contributed by atoms with Crippen molar-refractivity contribution in [1.82, 2.24) is 35.2 Å². The van der Waals surface area contributed by atoms with E-state index in [0.29, 0.717) is 9.35 Å². The number of aromatic amines is 1. The van der Waals surface area contributed by atoms with E-state index in [1.54, 1.807) is 10.9 Å². The van der Waals surface area contributed by atoms with Gasteiger partial charge in [-0.3, -0.25) is 15.8 Å². The quantitative estimate of drug-likeness (QED) is 0.147. The highest BCUT2D eigenvalue weighted by molar-refractivity contribution is 5.74. The molecule has 0 aliphatic rings. The highest BCUT2D eigenvalue weighted by Crippen LogP contribution is 1.84. The second kappa shape index (κ2) is 8.36. The fourth-order valence-corrected chi connectivity index (χ4v) is 1.57. The smallest absolute Gasteiger partial charge is 0.274 e. The fourth-order valence-electron chi connectivity index (χ4n) is 1.57. The lowest BCUT2D eigenvalue weighted by Gasteiger charge is -2.24. The molecule has 1 heterocycles. The summed E-state index contributed by atoms with van der Waals surface area (Å²) in [5, 5.41) is 1.57. The second-order valence-corrected chi connectivity index (χ2v) is 4.28.